The molecule has 1 atom stereocenters. The molecule has 0 radical (unpaired) electrons. The summed E-state index contributed by atoms with van der Waals surface area (Å²) >= 11 is 0. The minimum Gasteiger partial charge on any atom is -0.324 e. The Morgan fingerprint density at radius 2 is 2.08 bits per heavy atom. The van der Waals surface area contributed by atoms with E-state index in [1.165, 1.54) is 18.4 Å². The Bertz CT molecular complexity index is 316. The highest BCUT2D eigenvalue weighted by Gasteiger charge is 2.30. The van der Waals surface area contributed by atoms with Gasteiger partial charge in [-0.05, 0) is 44.2 Å². The molecule has 2 rings (SSSR count). The zero-order chi connectivity index (χ0) is 9.42. The molecule has 2 heteroatoms. The lowest BCUT2D eigenvalue weighted by atomic mass is 10.0. The van der Waals surface area contributed by atoms with Gasteiger partial charge in [-0.3, -0.25) is 4.98 Å². The van der Waals surface area contributed by atoms with Crippen LogP contribution in [0.1, 0.15) is 35.8 Å². The van der Waals surface area contributed by atoms with Crippen LogP contribution in [-0.4, -0.2) is 4.98 Å². The number of aromatic nitrogens is 1. The van der Waals surface area contributed by atoms with Gasteiger partial charge >= 0.3 is 0 Å². The summed E-state index contributed by atoms with van der Waals surface area (Å²) < 4.78 is 0. The van der Waals surface area contributed by atoms with Crippen molar-refractivity contribution >= 4 is 0 Å². The molecule has 1 fully saturated rings. The fraction of sp³-hybridized carbons (Fsp3) is 0.545. The van der Waals surface area contributed by atoms with Crippen molar-refractivity contribution in [2.45, 2.75) is 32.7 Å². The number of aryl methyl sites for hydroxylation is 2. The van der Waals surface area contributed by atoms with E-state index in [9.17, 15) is 0 Å². The Labute approximate surface area is 79.2 Å². The van der Waals surface area contributed by atoms with Crippen LogP contribution in [0.4, 0.5) is 0 Å². The zero-order valence-electron chi connectivity index (χ0n) is 8.25. The predicted octanol–water partition coefficient (Wildman–Crippen LogP) is 2.11. The van der Waals surface area contributed by atoms with E-state index in [1.54, 1.807) is 0 Å². The number of nitrogens with zero attached hydrogens (tertiary/aromatic N) is 1. The largest absolute Gasteiger partial charge is 0.324 e. The smallest absolute Gasteiger partial charge is 0.0423 e. The van der Waals surface area contributed by atoms with Gasteiger partial charge in [0.2, 0.25) is 0 Å². The lowest BCUT2D eigenvalue weighted by molar-refractivity contribution is 0.625. The fourth-order valence-electron chi connectivity index (χ4n) is 1.76. The molecule has 2 nitrogen and oxygen atoms in total. The highest BCUT2D eigenvalue weighted by molar-refractivity contribution is 5.26. The third kappa shape index (κ3) is 1.73. The lowest BCUT2D eigenvalue weighted by Crippen LogP contribution is -2.14. The Morgan fingerprint density at radius 3 is 2.62 bits per heavy atom. The van der Waals surface area contributed by atoms with Crippen molar-refractivity contribution in [3.8, 4) is 0 Å². The molecule has 0 aromatic carbocycles. The monoisotopic (exact) mass is 176 g/mol. The second-order valence-electron chi connectivity index (χ2n) is 3.99. The molecule has 0 spiro atoms. The molecule has 2 N–H and O–H groups in total. The Balaban J connectivity index is 2.28. The summed E-state index contributed by atoms with van der Waals surface area (Å²) in [5, 5.41) is 0. The molecule has 13 heavy (non-hydrogen) atoms. The Hall–Kier alpha value is -0.890. The van der Waals surface area contributed by atoms with Crippen LogP contribution in [0.5, 0.6) is 0 Å². The van der Waals surface area contributed by atoms with E-state index in [2.05, 4.69) is 11.1 Å². The molecule has 0 aliphatic heterocycles. The minimum absolute atomic E-state index is 0.216. The highest BCUT2D eigenvalue weighted by atomic mass is 14.7. The van der Waals surface area contributed by atoms with Crippen molar-refractivity contribution in [2.24, 2.45) is 11.7 Å². The predicted molar refractivity (Wildman–Crippen MR) is 53.4 cm³/mol. The minimum atomic E-state index is 0.216. The third-order valence-corrected chi connectivity index (χ3v) is 2.75. The maximum absolute atomic E-state index is 6.11. The van der Waals surface area contributed by atoms with Crippen LogP contribution in [-0.2, 0) is 0 Å². The summed E-state index contributed by atoms with van der Waals surface area (Å²) in [6.45, 7) is 4.06. The summed E-state index contributed by atoms with van der Waals surface area (Å²) in [6.07, 6.45) is 2.57. The normalized spacial score (nSPS) is 18.7. The van der Waals surface area contributed by atoms with Gasteiger partial charge in [-0.2, -0.15) is 0 Å². The first-order valence-electron chi connectivity index (χ1n) is 4.88. The standard InChI is InChI=1S/C11H16N2/c1-7-3-6-10(8(2)13-7)11(12)9-4-5-9/h3,6,9,11H,4-5,12H2,1-2H3/t11-/m1/s1. The molecule has 1 aliphatic carbocycles. The molecular formula is C11H16N2. The van der Waals surface area contributed by atoms with E-state index in [0.717, 1.165) is 11.4 Å². The topological polar surface area (TPSA) is 38.9 Å². The SMILES string of the molecule is Cc1ccc([C@H](N)C2CC2)c(C)n1. The fourth-order valence-corrected chi connectivity index (χ4v) is 1.76. The van der Waals surface area contributed by atoms with E-state index in [1.807, 2.05) is 19.9 Å². The van der Waals surface area contributed by atoms with E-state index in [4.69, 9.17) is 5.73 Å². The molecule has 70 valence electrons. The summed E-state index contributed by atoms with van der Waals surface area (Å²) in [7, 11) is 0. The maximum atomic E-state index is 6.11. The van der Waals surface area contributed by atoms with Crippen LogP contribution in [0.25, 0.3) is 0 Å². The second kappa shape index (κ2) is 3.11. The van der Waals surface area contributed by atoms with Crippen molar-refractivity contribution in [3.05, 3.63) is 29.1 Å². The quantitative estimate of drug-likeness (QED) is 0.749. The first kappa shape index (κ1) is 8.70. The molecule has 0 bridgehead atoms. The van der Waals surface area contributed by atoms with Crippen LogP contribution >= 0.6 is 0 Å². The number of rotatable bonds is 2. The molecule has 0 amide bonds. The van der Waals surface area contributed by atoms with Crippen LogP contribution in [0.15, 0.2) is 12.1 Å². The molecule has 1 heterocycles. The van der Waals surface area contributed by atoms with Gasteiger partial charge in [0.15, 0.2) is 0 Å². The van der Waals surface area contributed by atoms with E-state index in [0.29, 0.717) is 5.92 Å². The van der Waals surface area contributed by atoms with Crippen LogP contribution in [0.2, 0.25) is 0 Å². The van der Waals surface area contributed by atoms with Crippen LogP contribution < -0.4 is 5.73 Å². The van der Waals surface area contributed by atoms with Gasteiger partial charge in [0.1, 0.15) is 0 Å². The molecular weight excluding hydrogens is 160 g/mol. The molecule has 1 saturated carbocycles. The molecule has 1 aliphatic rings. The van der Waals surface area contributed by atoms with Crippen molar-refractivity contribution < 1.29 is 0 Å². The number of nitrogens with two attached hydrogens (primary N) is 1. The Kier molecular flexibility index (Phi) is 2.08. The van der Waals surface area contributed by atoms with Crippen LogP contribution in [0, 0.1) is 19.8 Å². The third-order valence-electron chi connectivity index (χ3n) is 2.75. The van der Waals surface area contributed by atoms with Gasteiger partial charge in [-0.1, -0.05) is 6.07 Å². The van der Waals surface area contributed by atoms with Gasteiger partial charge in [-0.15, -0.1) is 0 Å². The second-order valence-corrected chi connectivity index (χ2v) is 3.99. The molecule has 1 aromatic rings. The summed E-state index contributed by atoms with van der Waals surface area (Å²) in [6, 6.07) is 4.39. The van der Waals surface area contributed by atoms with Crippen molar-refractivity contribution in [2.75, 3.05) is 0 Å². The average Bonchev–Trinajstić information content (AvgIpc) is 2.85. The van der Waals surface area contributed by atoms with Crippen molar-refractivity contribution in [1.82, 2.24) is 4.98 Å². The molecule has 1 aromatic heterocycles. The molecule has 0 unspecified atom stereocenters. The zero-order valence-corrected chi connectivity index (χ0v) is 8.25. The van der Waals surface area contributed by atoms with Crippen LogP contribution in [0.3, 0.4) is 0 Å². The number of pyridine rings is 1. The van der Waals surface area contributed by atoms with Gasteiger partial charge < -0.3 is 5.73 Å². The summed E-state index contributed by atoms with van der Waals surface area (Å²) in [5.41, 5.74) is 9.51. The highest BCUT2D eigenvalue weighted by Crippen LogP contribution is 2.39. The molecule has 0 saturated heterocycles. The van der Waals surface area contributed by atoms with E-state index in [-0.39, 0.29) is 6.04 Å². The van der Waals surface area contributed by atoms with Crippen molar-refractivity contribution in [3.63, 3.8) is 0 Å². The first-order valence-corrected chi connectivity index (χ1v) is 4.88. The Morgan fingerprint density at radius 1 is 1.38 bits per heavy atom. The summed E-state index contributed by atoms with van der Waals surface area (Å²) in [4.78, 5) is 4.42. The number of hydrogen-bond acceptors (Lipinski definition) is 2. The number of hydrogen-bond donors (Lipinski definition) is 1. The lowest BCUT2D eigenvalue weighted by Gasteiger charge is -2.13. The van der Waals surface area contributed by atoms with Gasteiger partial charge in [-0.25, -0.2) is 0 Å². The maximum Gasteiger partial charge on any atom is 0.0423 e. The average molecular weight is 176 g/mol. The van der Waals surface area contributed by atoms with Crippen molar-refractivity contribution in [1.29, 1.82) is 0 Å². The van der Waals surface area contributed by atoms with Gasteiger partial charge in [0.25, 0.3) is 0 Å². The first-order chi connectivity index (χ1) is 6.18. The van der Waals surface area contributed by atoms with E-state index >= 15 is 0 Å². The van der Waals surface area contributed by atoms with Gasteiger partial charge in [0, 0.05) is 17.4 Å². The van der Waals surface area contributed by atoms with E-state index < -0.39 is 0 Å². The van der Waals surface area contributed by atoms with Gasteiger partial charge in [0.05, 0.1) is 0 Å². The summed E-state index contributed by atoms with van der Waals surface area (Å²) in [5.74, 6) is 0.711.